The van der Waals surface area contributed by atoms with Crippen LogP contribution < -0.4 is 5.32 Å². The molecule has 27 heavy (non-hydrogen) atoms. The lowest BCUT2D eigenvalue weighted by molar-refractivity contribution is 0.0696. The second kappa shape index (κ2) is 7.73. The van der Waals surface area contributed by atoms with Gasteiger partial charge in [-0.2, -0.15) is 0 Å². The van der Waals surface area contributed by atoms with Gasteiger partial charge in [0.25, 0.3) is 5.91 Å². The molecule has 2 heterocycles. The minimum Gasteiger partial charge on any atom is -0.478 e. The number of hydrogen-bond acceptors (Lipinski definition) is 5. The second-order valence-corrected chi connectivity index (χ2v) is 6.44. The number of anilines is 1. The first-order chi connectivity index (χ1) is 12.8. The first kappa shape index (κ1) is 18.8. The first-order valence-electron chi connectivity index (χ1n) is 7.70. The van der Waals surface area contributed by atoms with Gasteiger partial charge in [0.15, 0.2) is 5.69 Å². The lowest BCUT2D eigenvalue weighted by atomic mass is 10.2. The van der Waals surface area contributed by atoms with Crippen molar-refractivity contribution in [2.24, 2.45) is 0 Å². The minimum absolute atomic E-state index is 0.0248. The quantitative estimate of drug-likeness (QED) is 0.673. The average molecular weight is 406 g/mol. The maximum atomic E-state index is 12.4. The van der Waals surface area contributed by atoms with E-state index in [2.05, 4.69) is 20.6 Å². The Morgan fingerprint density at radius 1 is 1.19 bits per heavy atom. The Balaban J connectivity index is 1.74. The third kappa shape index (κ3) is 4.24. The normalized spacial score (nSPS) is 10.6. The zero-order valence-electron chi connectivity index (χ0n) is 14.0. The Labute approximate surface area is 163 Å². The van der Waals surface area contributed by atoms with Gasteiger partial charge in [-0.15, -0.1) is 5.10 Å². The van der Waals surface area contributed by atoms with Crippen LogP contribution in [-0.2, 0) is 6.54 Å². The Morgan fingerprint density at radius 2 is 1.96 bits per heavy atom. The predicted octanol–water partition coefficient (Wildman–Crippen LogP) is 3.29. The van der Waals surface area contributed by atoms with E-state index in [9.17, 15) is 9.59 Å². The summed E-state index contributed by atoms with van der Waals surface area (Å²) >= 11 is 11.9. The molecule has 0 spiro atoms. The van der Waals surface area contributed by atoms with Crippen LogP contribution in [0, 0.1) is 6.92 Å². The number of halogens is 2. The molecule has 10 heteroatoms. The number of hydrogen-bond donors (Lipinski definition) is 2. The topological polar surface area (TPSA) is 110 Å². The molecule has 3 aromatic rings. The van der Waals surface area contributed by atoms with Gasteiger partial charge in [-0.05, 0) is 36.8 Å². The van der Waals surface area contributed by atoms with Crippen LogP contribution in [0.15, 0.2) is 36.5 Å². The van der Waals surface area contributed by atoms with Crippen molar-refractivity contribution in [2.75, 3.05) is 5.32 Å². The van der Waals surface area contributed by atoms with E-state index in [1.165, 1.54) is 12.1 Å². The standard InChI is InChI=1S/C17H13Cl2N5O3/c1-9-15(16(25)21-14-5-3-11(7-20-14)17(26)27)22-23-24(9)8-10-2-4-12(18)13(19)6-10/h2-7H,8H2,1H3,(H,26,27)(H,20,21,25). The minimum atomic E-state index is -1.10. The highest BCUT2D eigenvalue weighted by Gasteiger charge is 2.17. The molecular formula is C17H13Cl2N5O3. The zero-order chi connectivity index (χ0) is 19.6. The summed E-state index contributed by atoms with van der Waals surface area (Å²) in [5, 5.41) is 20.2. The first-order valence-corrected chi connectivity index (χ1v) is 8.45. The van der Waals surface area contributed by atoms with Crippen molar-refractivity contribution in [1.82, 2.24) is 20.0 Å². The predicted molar refractivity (Wildman–Crippen MR) is 99.5 cm³/mol. The summed E-state index contributed by atoms with van der Waals surface area (Å²) in [5.74, 6) is -1.38. The van der Waals surface area contributed by atoms with Crippen molar-refractivity contribution in [3.05, 3.63) is 69.1 Å². The fraction of sp³-hybridized carbons (Fsp3) is 0.118. The molecule has 0 saturated carbocycles. The van der Waals surface area contributed by atoms with E-state index < -0.39 is 11.9 Å². The number of amides is 1. The van der Waals surface area contributed by atoms with Crippen molar-refractivity contribution in [3.8, 4) is 0 Å². The van der Waals surface area contributed by atoms with Crippen molar-refractivity contribution in [1.29, 1.82) is 0 Å². The van der Waals surface area contributed by atoms with E-state index in [1.807, 2.05) is 6.07 Å². The number of aromatic carboxylic acids is 1. The highest BCUT2D eigenvalue weighted by atomic mass is 35.5. The summed E-state index contributed by atoms with van der Waals surface area (Å²) in [6, 6.07) is 7.96. The van der Waals surface area contributed by atoms with Gasteiger partial charge < -0.3 is 10.4 Å². The van der Waals surface area contributed by atoms with Gasteiger partial charge in [-0.1, -0.05) is 34.5 Å². The van der Waals surface area contributed by atoms with Gasteiger partial charge in [-0.3, -0.25) is 4.79 Å². The Kier molecular flexibility index (Phi) is 5.38. The fourth-order valence-electron chi connectivity index (χ4n) is 2.30. The van der Waals surface area contributed by atoms with E-state index in [4.69, 9.17) is 28.3 Å². The highest BCUT2D eigenvalue weighted by Crippen LogP contribution is 2.23. The molecule has 0 unspecified atom stereocenters. The van der Waals surface area contributed by atoms with E-state index in [1.54, 1.807) is 23.7 Å². The maximum Gasteiger partial charge on any atom is 0.337 e. The van der Waals surface area contributed by atoms with Crippen molar-refractivity contribution in [3.63, 3.8) is 0 Å². The summed E-state index contributed by atoms with van der Waals surface area (Å²) in [5.41, 5.74) is 1.58. The summed E-state index contributed by atoms with van der Waals surface area (Å²) in [7, 11) is 0. The third-order valence-electron chi connectivity index (χ3n) is 3.77. The third-order valence-corrected chi connectivity index (χ3v) is 4.51. The zero-order valence-corrected chi connectivity index (χ0v) is 15.5. The monoisotopic (exact) mass is 405 g/mol. The lowest BCUT2D eigenvalue weighted by Crippen LogP contribution is -2.15. The van der Waals surface area contributed by atoms with Crippen LogP contribution in [0.2, 0.25) is 10.0 Å². The molecule has 0 aliphatic carbocycles. The van der Waals surface area contributed by atoms with Crippen molar-refractivity contribution in [2.45, 2.75) is 13.5 Å². The van der Waals surface area contributed by atoms with Gasteiger partial charge >= 0.3 is 5.97 Å². The summed E-state index contributed by atoms with van der Waals surface area (Å²) in [4.78, 5) is 27.1. The number of carboxylic acids is 1. The largest absolute Gasteiger partial charge is 0.478 e. The van der Waals surface area contributed by atoms with Crippen LogP contribution in [-0.4, -0.2) is 37.0 Å². The van der Waals surface area contributed by atoms with Crippen LogP contribution in [0.5, 0.6) is 0 Å². The number of carboxylic acid groups (broad SMARTS) is 1. The number of benzene rings is 1. The number of aromatic nitrogens is 4. The maximum absolute atomic E-state index is 12.4. The molecular weight excluding hydrogens is 393 g/mol. The molecule has 3 rings (SSSR count). The number of rotatable bonds is 5. The molecule has 0 atom stereocenters. The Morgan fingerprint density at radius 3 is 2.59 bits per heavy atom. The fourth-order valence-corrected chi connectivity index (χ4v) is 2.62. The molecule has 2 aromatic heterocycles. The van der Waals surface area contributed by atoms with Crippen LogP contribution >= 0.6 is 23.2 Å². The number of pyridine rings is 1. The molecule has 1 amide bonds. The molecule has 0 aliphatic rings. The van der Waals surface area contributed by atoms with Gasteiger partial charge in [0, 0.05) is 6.20 Å². The summed E-state index contributed by atoms with van der Waals surface area (Å²) in [6.07, 6.45) is 1.16. The lowest BCUT2D eigenvalue weighted by Gasteiger charge is -2.06. The van der Waals surface area contributed by atoms with Gasteiger partial charge in [0.2, 0.25) is 0 Å². The molecule has 0 saturated heterocycles. The van der Waals surface area contributed by atoms with E-state index in [0.29, 0.717) is 22.3 Å². The highest BCUT2D eigenvalue weighted by molar-refractivity contribution is 6.42. The van der Waals surface area contributed by atoms with Gasteiger partial charge in [0.1, 0.15) is 5.82 Å². The molecule has 0 aliphatic heterocycles. The van der Waals surface area contributed by atoms with Crippen LogP contribution in [0.25, 0.3) is 0 Å². The smallest absolute Gasteiger partial charge is 0.337 e. The molecule has 0 radical (unpaired) electrons. The van der Waals surface area contributed by atoms with Crippen LogP contribution in [0.3, 0.4) is 0 Å². The Hall–Kier alpha value is -2.97. The van der Waals surface area contributed by atoms with E-state index in [0.717, 1.165) is 11.8 Å². The molecule has 0 bridgehead atoms. The Bertz CT molecular complexity index is 1020. The molecule has 1 aromatic carbocycles. The number of nitrogens with one attached hydrogen (secondary N) is 1. The van der Waals surface area contributed by atoms with Crippen LogP contribution in [0.1, 0.15) is 32.1 Å². The average Bonchev–Trinajstić information content (AvgIpc) is 2.99. The summed E-state index contributed by atoms with van der Waals surface area (Å²) in [6.45, 7) is 2.09. The number of carbonyl (C=O) groups is 2. The second-order valence-electron chi connectivity index (χ2n) is 5.62. The molecule has 138 valence electrons. The van der Waals surface area contributed by atoms with Crippen molar-refractivity contribution >= 4 is 40.9 Å². The van der Waals surface area contributed by atoms with E-state index >= 15 is 0 Å². The number of nitrogens with zero attached hydrogens (tertiary/aromatic N) is 4. The SMILES string of the molecule is Cc1c(C(=O)Nc2ccc(C(=O)O)cn2)nnn1Cc1ccc(Cl)c(Cl)c1. The van der Waals surface area contributed by atoms with E-state index in [-0.39, 0.29) is 17.1 Å². The number of carbonyl (C=O) groups excluding carboxylic acids is 1. The molecule has 0 fully saturated rings. The molecule has 2 N–H and O–H groups in total. The van der Waals surface area contributed by atoms with Crippen molar-refractivity contribution < 1.29 is 14.7 Å². The van der Waals surface area contributed by atoms with Gasteiger partial charge in [0.05, 0.1) is 27.8 Å². The summed E-state index contributed by atoms with van der Waals surface area (Å²) < 4.78 is 1.56. The molecule has 8 nitrogen and oxygen atoms in total. The van der Waals surface area contributed by atoms with Crippen LogP contribution in [0.4, 0.5) is 5.82 Å². The van der Waals surface area contributed by atoms with Gasteiger partial charge in [-0.25, -0.2) is 14.5 Å².